The summed E-state index contributed by atoms with van der Waals surface area (Å²) in [6.45, 7) is 7.29. The molecule has 1 heterocycles. The lowest BCUT2D eigenvalue weighted by molar-refractivity contribution is -0.144. The van der Waals surface area contributed by atoms with Crippen molar-refractivity contribution in [2.45, 2.75) is 39.2 Å². The molecule has 0 N–H and O–H groups in total. The minimum Gasteiger partial charge on any atom is -0.465 e. The molecule has 1 aliphatic heterocycles. The van der Waals surface area contributed by atoms with Crippen LogP contribution in [0, 0.1) is 0 Å². The van der Waals surface area contributed by atoms with Crippen LogP contribution in [0.4, 0.5) is 0 Å². The van der Waals surface area contributed by atoms with E-state index in [1.807, 2.05) is 6.92 Å². The third-order valence-corrected chi connectivity index (χ3v) is 2.84. The van der Waals surface area contributed by atoms with Crippen molar-refractivity contribution in [3.05, 3.63) is 0 Å². The third-order valence-electron chi connectivity index (χ3n) is 2.84. The summed E-state index contributed by atoms with van der Waals surface area (Å²) in [6, 6.07) is 0. The summed E-state index contributed by atoms with van der Waals surface area (Å²) in [4.78, 5) is 13.4. The number of rotatable bonds is 6. The number of hydrogen-bond acceptors (Lipinski definition) is 4. The molecule has 1 saturated heterocycles. The lowest BCUT2D eigenvalue weighted by Gasteiger charge is -2.28. The molecule has 94 valence electrons. The molecule has 1 unspecified atom stereocenters. The summed E-state index contributed by atoms with van der Waals surface area (Å²) >= 11 is 0. The predicted octanol–water partition coefficient (Wildman–Crippen LogP) is 1.44. The molecule has 0 aliphatic carbocycles. The Labute approximate surface area is 97.9 Å². The van der Waals surface area contributed by atoms with Crippen molar-refractivity contribution in [3.63, 3.8) is 0 Å². The van der Waals surface area contributed by atoms with Gasteiger partial charge in [-0.05, 0) is 32.7 Å². The molecule has 0 spiro atoms. The topological polar surface area (TPSA) is 38.8 Å². The molecular formula is C12H23NO3. The van der Waals surface area contributed by atoms with Gasteiger partial charge in [0.05, 0.1) is 19.3 Å². The van der Waals surface area contributed by atoms with Crippen molar-refractivity contribution in [2.24, 2.45) is 0 Å². The van der Waals surface area contributed by atoms with Gasteiger partial charge in [-0.25, -0.2) is 0 Å². The molecule has 0 aromatic rings. The average Bonchev–Trinajstić information content (AvgIpc) is 2.30. The fraction of sp³-hybridized carbons (Fsp3) is 0.917. The fourth-order valence-electron chi connectivity index (χ4n) is 1.93. The largest absolute Gasteiger partial charge is 0.465 e. The summed E-state index contributed by atoms with van der Waals surface area (Å²) in [6.07, 6.45) is 3.81. The molecule has 0 aromatic heterocycles. The zero-order valence-corrected chi connectivity index (χ0v) is 10.4. The van der Waals surface area contributed by atoms with Crippen LogP contribution in [-0.2, 0) is 14.3 Å². The van der Waals surface area contributed by atoms with Crippen LogP contribution in [-0.4, -0.2) is 49.8 Å². The highest BCUT2D eigenvalue weighted by molar-refractivity contribution is 5.71. The second kappa shape index (κ2) is 7.63. The lowest BCUT2D eigenvalue weighted by atomic mass is 10.1. The first-order valence-corrected chi connectivity index (χ1v) is 6.25. The smallest absolute Gasteiger partial charge is 0.320 e. The van der Waals surface area contributed by atoms with Gasteiger partial charge in [-0.3, -0.25) is 9.69 Å². The maximum absolute atomic E-state index is 11.3. The van der Waals surface area contributed by atoms with Gasteiger partial charge >= 0.3 is 5.97 Å². The summed E-state index contributed by atoms with van der Waals surface area (Å²) in [5.74, 6) is -0.139. The molecule has 4 nitrogen and oxygen atoms in total. The Kier molecular flexibility index (Phi) is 6.42. The van der Waals surface area contributed by atoms with Crippen molar-refractivity contribution in [1.82, 2.24) is 4.90 Å². The fourth-order valence-corrected chi connectivity index (χ4v) is 1.93. The monoisotopic (exact) mass is 229 g/mol. The molecule has 0 aromatic carbocycles. The molecule has 0 amide bonds. The van der Waals surface area contributed by atoms with E-state index in [-0.39, 0.29) is 5.97 Å². The second-order valence-corrected chi connectivity index (χ2v) is 4.12. The highest BCUT2D eigenvalue weighted by atomic mass is 16.5. The molecular weight excluding hydrogens is 206 g/mol. The minimum absolute atomic E-state index is 0.139. The Hall–Kier alpha value is -0.610. The van der Waals surface area contributed by atoms with E-state index >= 15 is 0 Å². The van der Waals surface area contributed by atoms with Gasteiger partial charge in [-0.15, -0.1) is 0 Å². The second-order valence-electron chi connectivity index (χ2n) is 4.12. The predicted molar refractivity (Wildman–Crippen MR) is 62.3 cm³/mol. The van der Waals surface area contributed by atoms with E-state index in [9.17, 15) is 4.79 Å². The molecule has 0 saturated carbocycles. The van der Waals surface area contributed by atoms with Crippen LogP contribution in [0.3, 0.4) is 0 Å². The van der Waals surface area contributed by atoms with Crippen molar-refractivity contribution < 1.29 is 14.3 Å². The Morgan fingerprint density at radius 3 is 2.81 bits per heavy atom. The van der Waals surface area contributed by atoms with E-state index in [0.717, 1.165) is 26.1 Å². The summed E-state index contributed by atoms with van der Waals surface area (Å²) in [5, 5.41) is 0. The molecule has 16 heavy (non-hydrogen) atoms. The normalized spacial score (nSPS) is 21.1. The number of hydrogen-bond donors (Lipinski definition) is 0. The van der Waals surface area contributed by atoms with Crippen molar-refractivity contribution in [1.29, 1.82) is 0 Å². The quantitative estimate of drug-likeness (QED) is 0.646. The van der Waals surface area contributed by atoms with E-state index < -0.39 is 0 Å². The molecule has 1 atom stereocenters. The van der Waals surface area contributed by atoms with Crippen LogP contribution in [0.2, 0.25) is 0 Å². The zero-order chi connectivity index (χ0) is 11.8. The van der Waals surface area contributed by atoms with E-state index in [1.165, 1.54) is 12.8 Å². The van der Waals surface area contributed by atoms with Gasteiger partial charge in [0, 0.05) is 13.2 Å². The lowest BCUT2D eigenvalue weighted by Crippen LogP contribution is -2.39. The highest BCUT2D eigenvalue weighted by Crippen LogP contribution is 2.13. The zero-order valence-electron chi connectivity index (χ0n) is 10.4. The Morgan fingerprint density at radius 2 is 2.25 bits per heavy atom. The van der Waals surface area contributed by atoms with Gasteiger partial charge in [0.1, 0.15) is 0 Å². The Morgan fingerprint density at radius 1 is 1.44 bits per heavy atom. The van der Waals surface area contributed by atoms with Gasteiger partial charge in [0.15, 0.2) is 0 Å². The molecule has 4 heteroatoms. The highest BCUT2D eigenvalue weighted by Gasteiger charge is 2.18. The van der Waals surface area contributed by atoms with Crippen LogP contribution >= 0.6 is 0 Å². The number of likely N-dealkylation sites (N-methyl/N-ethyl adjacent to an activating group) is 1. The molecule has 1 aliphatic rings. The SMILES string of the molecule is CCOC(=O)CN(CC)CC1CCCCO1. The number of carbonyl (C=O) groups is 1. The van der Waals surface area contributed by atoms with Crippen LogP contribution in [0.1, 0.15) is 33.1 Å². The Bertz CT molecular complexity index is 202. The molecule has 0 radical (unpaired) electrons. The van der Waals surface area contributed by atoms with Gasteiger partial charge in [0.2, 0.25) is 0 Å². The minimum atomic E-state index is -0.139. The molecule has 1 rings (SSSR count). The summed E-state index contributed by atoms with van der Waals surface area (Å²) < 4.78 is 10.6. The van der Waals surface area contributed by atoms with Gasteiger partial charge in [-0.2, -0.15) is 0 Å². The van der Waals surface area contributed by atoms with Crippen LogP contribution in [0.5, 0.6) is 0 Å². The van der Waals surface area contributed by atoms with Crippen molar-refractivity contribution in [3.8, 4) is 0 Å². The van der Waals surface area contributed by atoms with E-state index in [1.54, 1.807) is 0 Å². The number of carbonyl (C=O) groups excluding carboxylic acids is 1. The number of esters is 1. The van der Waals surface area contributed by atoms with Crippen LogP contribution < -0.4 is 0 Å². The van der Waals surface area contributed by atoms with E-state index in [2.05, 4.69) is 11.8 Å². The first kappa shape index (κ1) is 13.5. The molecule has 0 bridgehead atoms. The van der Waals surface area contributed by atoms with Gasteiger partial charge in [-0.1, -0.05) is 6.92 Å². The van der Waals surface area contributed by atoms with Gasteiger partial charge < -0.3 is 9.47 Å². The average molecular weight is 229 g/mol. The van der Waals surface area contributed by atoms with E-state index in [0.29, 0.717) is 19.3 Å². The molecule has 1 fully saturated rings. The summed E-state index contributed by atoms with van der Waals surface area (Å²) in [5.41, 5.74) is 0. The van der Waals surface area contributed by atoms with Gasteiger partial charge in [0.25, 0.3) is 0 Å². The summed E-state index contributed by atoms with van der Waals surface area (Å²) in [7, 11) is 0. The maximum atomic E-state index is 11.3. The van der Waals surface area contributed by atoms with Crippen LogP contribution in [0.25, 0.3) is 0 Å². The first-order valence-electron chi connectivity index (χ1n) is 6.25. The number of nitrogens with zero attached hydrogens (tertiary/aromatic N) is 1. The van der Waals surface area contributed by atoms with Crippen molar-refractivity contribution in [2.75, 3.05) is 32.8 Å². The van der Waals surface area contributed by atoms with Crippen molar-refractivity contribution >= 4 is 5.97 Å². The Balaban J connectivity index is 2.27. The first-order chi connectivity index (χ1) is 7.76. The standard InChI is InChI=1S/C12H23NO3/c1-3-13(10-12(14)15-4-2)9-11-7-5-6-8-16-11/h11H,3-10H2,1-2H3. The van der Waals surface area contributed by atoms with E-state index in [4.69, 9.17) is 9.47 Å². The third kappa shape index (κ3) is 4.94. The van der Waals surface area contributed by atoms with Crippen LogP contribution in [0.15, 0.2) is 0 Å². The number of ether oxygens (including phenoxy) is 2. The maximum Gasteiger partial charge on any atom is 0.320 e.